The van der Waals surface area contributed by atoms with Crippen LogP contribution in [0.5, 0.6) is 0 Å². The summed E-state index contributed by atoms with van der Waals surface area (Å²) in [5.41, 5.74) is 0. The van der Waals surface area contributed by atoms with Crippen LogP contribution in [-0.2, 0) is 9.59 Å². The Labute approximate surface area is 72.5 Å². The Bertz CT molecular complexity index is 184. The van der Waals surface area contributed by atoms with E-state index < -0.39 is 12.1 Å². The zero-order valence-electron chi connectivity index (χ0n) is 6.67. The minimum absolute atomic E-state index is 0.435. The molecular formula is C7H9F3O3. The van der Waals surface area contributed by atoms with Gasteiger partial charge in [-0.1, -0.05) is 6.42 Å². The van der Waals surface area contributed by atoms with Crippen LogP contribution in [0.4, 0.5) is 13.2 Å². The molecule has 0 spiro atoms. The largest absolute Gasteiger partial charge is 0.490 e. The summed E-state index contributed by atoms with van der Waals surface area (Å²) in [7, 11) is 0. The van der Waals surface area contributed by atoms with Gasteiger partial charge in [0.25, 0.3) is 0 Å². The third-order valence-corrected chi connectivity index (χ3v) is 1.58. The molecule has 1 saturated carbocycles. The number of aliphatic carboxylic acids is 1. The van der Waals surface area contributed by atoms with Crippen molar-refractivity contribution in [2.24, 2.45) is 5.92 Å². The van der Waals surface area contributed by atoms with Crippen molar-refractivity contribution >= 4 is 12.3 Å². The van der Waals surface area contributed by atoms with Crippen LogP contribution in [0.25, 0.3) is 0 Å². The molecule has 13 heavy (non-hydrogen) atoms. The highest BCUT2D eigenvalue weighted by molar-refractivity contribution is 5.73. The molecule has 1 N–H and O–H groups in total. The molecule has 0 aliphatic heterocycles. The third-order valence-electron chi connectivity index (χ3n) is 1.58. The number of hydrogen-bond donors (Lipinski definition) is 1. The molecule has 0 aromatic carbocycles. The number of rotatable bonds is 1. The Balaban J connectivity index is 0.000000223. The number of halogens is 3. The zero-order chi connectivity index (χ0) is 10.5. The van der Waals surface area contributed by atoms with Gasteiger partial charge < -0.3 is 9.90 Å². The van der Waals surface area contributed by atoms with Crippen molar-refractivity contribution in [3.63, 3.8) is 0 Å². The van der Waals surface area contributed by atoms with Gasteiger partial charge in [0.15, 0.2) is 0 Å². The second-order valence-electron chi connectivity index (χ2n) is 2.63. The van der Waals surface area contributed by atoms with Gasteiger partial charge in [-0.2, -0.15) is 13.2 Å². The Morgan fingerprint density at radius 3 is 1.77 bits per heavy atom. The second-order valence-corrected chi connectivity index (χ2v) is 2.63. The molecule has 0 amide bonds. The maximum atomic E-state index is 10.6. The minimum Gasteiger partial charge on any atom is -0.475 e. The molecule has 0 atom stereocenters. The molecule has 0 aromatic heterocycles. The Morgan fingerprint density at radius 1 is 1.38 bits per heavy atom. The van der Waals surface area contributed by atoms with Crippen LogP contribution in [0.3, 0.4) is 0 Å². The van der Waals surface area contributed by atoms with E-state index in [1.165, 1.54) is 6.42 Å². The van der Waals surface area contributed by atoms with Crippen molar-refractivity contribution in [3.05, 3.63) is 0 Å². The average molecular weight is 198 g/mol. The molecule has 3 nitrogen and oxygen atoms in total. The van der Waals surface area contributed by atoms with Crippen LogP contribution >= 0.6 is 0 Å². The number of alkyl halides is 3. The lowest BCUT2D eigenvalue weighted by atomic mass is 9.87. The van der Waals surface area contributed by atoms with Gasteiger partial charge in [0.1, 0.15) is 6.29 Å². The van der Waals surface area contributed by atoms with Crippen LogP contribution in [0.2, 0.25) is 0 Å². The SMILES string of the molecule is O=C(O)C(F)(F)F.O=CC1CCC1. The highest BCUT2D eigenvalue weighted by Crippen LogP contribution is 2.23. The lowest BCUT2D eigenvalue weighted by Crippen LogP contribution is -2.21. The summed E-state index contributed by atoms with van der Waals surface area (Å²) in [5.74, 6) is -2.32. The number of hydrogen-bond acceptors (Lipinski definition) is 2. The Kier molecular flexibility index (Phi) is 4.44. The molecule has 0 bridgehead atoms. The van der Waals surface area contributed by atoms with Crippen molar-refractivity contribution in [2.45, 2.75) is 25.4 Å². The molecule has 6 heteroatoms. The smallest absolute Gasteiger partial charge is 0.475 e. The van der Waals surface area contributed by atoms with Crippen LogP contribution < -0.4 is 0 Å². The topological polar surface area (TPSA) is 54.4 Å². The van der Waals surface area contributed by atoms with E-state index in [2.05, 4.69) is 0 Å². The van der Waals surface area contributed by atoms with E-state index in [4.69, 9.17) is 9.90 Å². The van der Waals surface area contributed by atoms with Gasteiger partial charge >= 0.3 is 12.1 Å². The van der Waals surface area contributed by atoms with E-state index in [1.807, 2.05) is 0 Å². The summed E-state index contributed by atoms with van der Waals surface area (Å²) >= 11 is 0. The molecule has 0 saturated heterocycles. The van der Waals surface area contributed by atoms with Crippen LogP contribution in [0.15, 0.2) is 0 Å². The zero-order valence-corrected chi connectivity index (χ0v) is 6.67. The number of carboxylic acid groups (broad SMARTS) is 1. The lowest BCUT2D eigenvalue weighted by Gasteiger charge is -2.17. The van der Waals surface area contributed by atoms with Gasteiger partial charge in [-0.15, -0.1) is 0 Å². The fourth-order valence-corrected chi connectivity index (χ4v) is 0.576. The number of carbonyl (C=O) groups excluding carboxylic acids is 1. The molecule has 0 radical (unpaired) electrons. The van der Waals surface area contributed by atoms with E-state index in [9.17, 15) is 18.0 Å². The minimum atomic E-state index is -5.08. The van der Waals surface area contributed by atoms with E-state index in [-0.39, 0.29) is 0 Å². The predicted molar refractivity (Wildman–Crippen MR) is 37.1 cm³/mol. The summed E-state index contributed by atoms with van der Waals surface area (Å²) in [6, 6.07) is 0. The molecule has 1 rings (SSSR count). The van der Waals surface area contributed by atoms with Gasteiger partial charge in [0.05, 0.1) is 0 Å². The summed E-state index contributed by atoms with van der Waals surface area (Å²) in [6.45, 7) is 0. The summed E-state index contributed by atoms with van der Waals surface area (Å²) in [5, 5.41) is 7.12. The van der Waals surface area contributed by atoms with E-state index in [1.54, 1.807) is 0 Å². The lowest BCUT2D eigenvalue weighted by molar-refractivity contribution is -0.192. The first-order valence-corrected chi connectivity index (χ1v) is 3.63. The highest BCUT2D eigenvalue weighted by Gasteiger charge is 2.38. The molecule has 0 heterocycles. The first kappa shape index (κ1) is 11.9. The highest BCUT2D eigenvalue weighted by atomic mass is 19.4. The van der Waals surface area contributed by atoms with Crippen molar-refractivity contribution in [2.75, 3.05) is 0 Å². The summed E-state index contributed by atoms with van der Waals surface area (Å²) in [4.78, 5) is 18.7. The Morgan fingerprint density at radius 2 is 1.77 bits per heavy atom. The van der Waals surface area contributed by atoms with Crippen LogP contribution in [0, 0.1) is 5.92 Å². The molecule has 1 aliphatic rings. The average Bonchev–Trinajstić information content (AvgIpc) is 1.83. The number of aldehydes is 1. The Hall–Kier alpha value is -1.07. The van der Waals surface area contributed by atoms with Gasteiger partial charge in [0, 0.05) is 5.92 Å². The first-order chi connectivity index (χ1) is 5.88. The van der Waals surface area contributed by atoms with Gasteiger partial charge in [-0.05, 0) is 12.8 Å². The number of carbonyl (C=O) groups is 2. The second kappa shape index (κ2) is 4.84. The van der Waals surface area contributed by atoms with Crippen molar-refractivity contribution in [3.8, 4) is 0 Å². The monoisotopic (exact) mass is 198 g/mol. The van der Waals surface area contributed by atoms with Gasteiger partial charge in [-0.3, -0.25) is 0 Å². The quantitative estimate of drug-likeness (QED) is 0.651. The van der Waals surface area contributed by atoms with Gasteiger partial charge in [-0.25, -0.2) is 4.79 Å². The van der Waals surface area contributed by atoms with Crippen molar-refractivity contribution in [1.29, 1.82) is 0 Å². The predicted octanol–water partition coefficient (Wildman–Crippen LogP) is 1.62. The van der Waals surface area contributed by atoms with E-state index in [0.717, 1.165) is 19.1 Å². The molecule has 0 aromatic rings. The van der Waals surface area contributed by atoms with E-state index in [0.29, 0.717) is 5.92 Å². The third kappa shape index (κ3) is 5.21. The van der Waals surface area contributed by atoms with Gasteiger partial charge in [0.2, 0.25) is 0 Å². The summed E-state index contributed by atoms with van der Waals surface area (Å²) in [6.07, 6.45) is -0.472. The first-order valence-electron chi connectivity index (χ1n) is 3.63. The number of carboxylic acids is 1. The maximum Gasteiger partial charge on any atom is 0.490 e. The molecule has 1 fully saturated rings. The standard InChI is InChI=1S/C5H8O.C2HF3O2/c6-4-5-2-1-3-5;3-2(4,5)1(6)7/h4-5H,1-3H2;(H,6,7). The molecule has 0 unspecified atom stereocenters. The molecule has 1 aliphatic carbocycles. The van der Waals surface area contributed by atoms with Crippen LogP contribution in [0.1, 0.15) is 19.3 Å². The summed E-state index contributed by atoms with van der Waals surface area (Å²) < 4.78 is 31.7. The molecule has 76 valence electrons. The van der Waals surface area contributed by atoms with Crippen molar-refractivity contribution < 1.29 is 27.9 Å². The normalized spacial score (nSPS) is 16.5. The fourth-order valence-electron chi connectivity index (χ4n) is 0.576. The fraction of sp³-hybridized carbons (Fsp3) is 0.714. The molecular weight excluding hydrogens is 189 g/mol. The van der Waals surface area contributed by atoms with Crippen LogP contribution in [-0.4, -0.2) is 23.5 Å². The van der Waals surface area contributed by atoms with Crippen molar-refractivity contribution in [1.82, 2.24) is 0 Å². The van der Waals surface area contributed by atoms with E-state index >= 15 is 0 Å². The maximum absolute atomic E-state index is 10.6.